The highest BCUT2D eigenvalue weighted by molar-refractivity contribution is 8.19. The van der Waals surface area contributed by atoms with Crippen LogP contribution < -0.4 is 19.1 Å². The van der Waals surface area contributed by atoms with E-state index < -0.39 is 0 Å². The zero-order chi connectivity index (χ0) is 20.4. The van der Waals surface area contributed by atoms with Crippen molar-refractivity contribution in [3.8, 4) is 17.2 Å². The third-order valence-electron chi connectivity index (χ3n) is 4.38. The lowest BCUT2D eigenvalue weighted by Crippen LogP contribution is -2.28. The molecule has 0 bridgehead atoms. The minimum Gasteiger partial charge on any atom is -0.493 e. The molecular weight excluding hydrogens is 378 g/mol. The Kier molecular flexibility index (Phi) is 5.65. The van der Waals surface area contributed by atoms with Gasteiger partial charge in [-0.25, -0.2) is 4.90 Å². The summed E-state index contributed by atoms with van der Waals surface area (Å²) >= 11 is 0.909. The lowest BCUT2D eigenvalue weighted by molar-refractivity contribution is -0.113. The van der Waals surface area contributed by atoms with Crippen LogP contribution in [-0.4, -0.2) is 32.5 Å². The second-order valence-electron chi connectivity index (χ2n) is 6.27. The van der Waals surface area contributed by atoms with Crippen molar-refractivity contribution >= 4 is 34.7 Å². The van der Waals surface area contributed by atoms with Gasteiger partial charge in [0.05, 0.1) is 31.9 Å². The number of methoxy groups -OCH3 is 3. The van der Waals surface area contributed by atoms with Crippen molar-refractivity contribution in [2.75, 3.05) is 26.2 Å². The van der Waals surface area contributed by atoms with Gasteiger partial charge in [-0.1, -0.05) is 12.1 Å². The molecule has 7 heteroatoms. The normalized spacial score (nSPS) is 15.3. The van der Waals surface area contributed by atoms with E-state index in [0.29, 0.717) is 33.4 Å². The number of anilines is 1. The molecule has 0 unspecified atom stereocenters. The number of carbonyl (C=O) groups excluding carboxylic acids is 2. The zero-order valence-corrected chi connectivity index (χ0v) is 17.2. The van der Waals surface area contributed by atoms with Crippen molar-refractivity contribution in [1.82, 2.24) is 0 Å². The fraction of sp³-hybridized carbons (Fsp3) is 0.238. The first-order chi connectivity index (χ1) is 13.4. The van der Waals surface area contributed by atoms with Crippen LogP contribution in [0.3, 0.4) is 0 Å². The Hall–Kier alpha value is -2.93. The van der Waals surface area contributed by atoms with E-state index in [1.807, 2.05) is 32.0 Å². The summed E-state index contributed by atoms with van der Waals surface area (Å²) in [6.45, 7) is 3.80. The molecule has 146 valence electrons. The summed E-state index contributed by atoms with van der Waals surface area (Å²) in [4.78, 5) is 27.1. The monoisotopic (exact) mass is 399 g/mol. The molecule has 2 aromatic carbocycles. The van der Waals surface area contributed by atoms with E-state index in [2.05, 4.69) is 0 Å². The molecular formula is C21H21NO5S. The van der Waals surface area contributed by atoms with Crippen LogP contribution in [0.5, 0.6) is 17.2 Å². The molecule has 0 spiro atoms. The summed E-state index contributed by atoms with van der Waals surface area (Å²) < 4.78 is 16.0. The largest absolute Gasteiger partial charge is 0.493 e. The SMILES string of the molecule is COc1cc(/C=C2\SC(=O)N(c3cc(C)ccc3C)C2=O)cc(OC)c1OC. The number of benzene rings is 2. The topological polar surface area (TPSA) is 65.1 Å². The van der Waals surface area contributed by atoms with Crippen LogP contribution in [0.1, 0.15) is 16.7 Å². The maximum atomic E-state index is 12.9. The van der Waals surface area contributed by atoms with Crippen LogP contribution >= 0.6 is 11.8 Å². The van der Waals surface area contributed by atoms with Gasteiger partial charge < -0.3 is 14.2 Å². The maximum Gasteiger partial charge on any atom is 0.298 e. The van der Waals surface area contributed by atoms with Crippen molar-refractivity contribution in [2.24, 2.45) is 0 Å². The average molecular weight is 399 g/mol. The average Bonchev–Trinajstić information content (AvgIpc) is 2.96. The molecule has 2 aromatic rings. The molecule has 0 aromatic heterocycles. The Morgan fingerprint density at radius 3 is 2.14 bits per heavy atom. The highest BCUT2D eigenvalue weighted by Crippen LogP contribution is 2.41. The maximum absolute atomic E-state index is 12.9. The first kappa shape index (κ1) is 19.8. The standard InChI is InChI=1S/C21H21NO5S/c1-12-6-7-13(2)15(8-12)22-20(23)18(28-21(22)24)11-14-9-16(25-3)19(27-5)17(10-14)26-4/h6-11H,1-5H3/b18-11-. The molecule has 0 aliphatic carbocycles. The number of rotatable bonds is 5. The lowest BCUT2D eigenvalue weighted by Gasteiger charge is -2.16. The summed E-state index contributed by atoms with van der Waals surface area (Å²) in [5.74, 6) is 1.06. The molecule has 1 aliphatic rings. The van der Waals surface area contributed by atoms with Crippen LogP contribution in [0.2, 0.25) is 0 Å². The predicted octanol–water partition coefficient (Wildman–Crippen LogP) is 4.57. The van der Waals surface area contributed by atoms with Crippen molar-refractivity contribution in [3.63, 3.8) is 0 Å². The van der Waals surface area contributed by atoms with Crippen LogP contribution in [0.15, 0.2) is 35.2 Å². The third-order valence-corrected chi connectivity index (χ3v) is 5.25. The van der Waals surface area contributed by atoms with Gasteiger partial charge in [-0.05, 0) is 66.6 Å². The van der Waals surface area contributed by atoms with E-state index in [1.54, 1.807) is 18.2 Å². The highest BCUT2D eigenvalue weighted by atomic mass is 32.2. The van der Waals surface area contributed by atoms with Crippen LogP contribution in [0.25, 0.3) is 6.08 Å². The van der Waals surface area contributed by atoms with E-state index in [-0.39, 0.29) is 11.1 Å². The van der Waals surface area contributed by atoms with Crippen molar-refractivity contribution < 1.29 is 23.8 Å². The summed E-state index contributed by atoms with van der Waals surface area (Å²) in [5, 5.41) is -0.322. The van der Waals surface area contributed by atoms with Crippen LogP contribution in [-0.2, 0) is 4.79 Å². The Balaban J connectivity index is 2.01. The van der Waals surface area contributed by atoms with E-state index >= 15 is 0 Å². The summed E-state index contributed by atoms with van der Waals surface area (Å²) in [7, 11) is 4.57. The van der Waals surface area contributed by atoms with E-state index in [1.165, 1.54) is 26.2 Å². The molecule has 1 fully saturated rings. The van der Waals surface area contributed by atoms with Crippen LogP contribution in [0.4, 0.5) is 10.5 Å². The molecule has 0 radical (unpaired) electrons. The predicted molar refractivity (Wildman–Crippen MR) is 110 cm³/mol. The molecule has 28 heavy (non-hydrogen) atoms. The van der Waals surface area contributed by atoms with Gasteiger partial charge in [-0.2, -0.15) is 0 Å². The van der Waals surface area contributed by atoms with Gasteiger partial charge in [0.25, 0.3) is 11.1 Å². The molecule has 6 nitrogen and oxygen atoms in total. The second kappa shape index (κ2) is 7.98. The zero-order valence-electron chi connectivity index (χ0n) is 16.4. The molecule has 0 N–H and O–H groups in total. The Morgan fingerprint density at radius 2 is 1.57 bits per heavy atom. The molecule has 2 amide bonds. The van der Waals surface area contributed by atoms with Gasteiger partial charge in [-0.3, -0.25) is 9.59 Å². The van der Waals surface area contributed by atoms with E-state index in [9.17, 15) is 9.59 Å². The van der Waals surface area contributed by atoms with Crippen molar-refractivity contribution in [3.05, 3.63) is 51.9 Å². The number of ether oxygens (including phenoxy) is 3. The van der Waals surface area contributed by atoms with Gasteiger partial charge in [0.15, 0.2) is 11.5 Å². The number of carbonyl (C=O) groups is 2. The molecule has 0 saturated carbocycles. The molecule has 3 rings (SSSR count). The van der Waals surface area contributed by atoms with Gasteiger partial charge in [0, 0.05) is 0 Å². The first-order valence-electron chi connectivity index (χ1n) is 8.54. The first-order valence-corrected chi connectivity index (χ1v) is 9.36. The Bertz CT molecular complexity index is 958. The number of hydrogen-bond acceptors (Lipinski definition) is 6. The molecule has 1 aliphatic heterocycles. The number of amides is 2. The minimum absolute atomic E-state index is 0.322. The number of hydrogen-bond donors (Lipinski definition) is 0. The number of imide groups is 1. The number of nitrogens with zero attached hydrogens (tertiary/aromatic N) is 1. The quantitative estimate of drug-likeness (QED) is 0.686. The smallest absolute Gasteiger partial charge is 0.298 e. The fourth-order valence-electron chi connectivity index (χ4n) is 2.97. The molecule has 1 saturated heterocycles. The van der Waals surface area contributed by atoms with Gasteiger partial charge >= 0.3 is 0 Å². The highest BCUT2D eigenvalue weighted by Gasteiger charge is 2.37. The van der Waals surface area contributed by atoms with E-state index in [0.717, 1.165) is 22.9 Å². The number of aryl methyl sites for hydroxylation is 2. The fourth-order valence-corrected chi connectivity index (χ4v) is 3.81. The Labute approximate surface area is 168 Å². The lowest BCUT2D eigenvalue weighted by atomic mass is 10.1. The molecule has 1 heterocycles. The summed E-state index contributed by atoms with van der Waals surface area (Å²) in [6, 6.07) is 9.15. The molecule has 0 atom stereocenters. The van der Waals surface area contributed by atoms with Gasteiger partial charge in [0.2, 0.25) is 5.75 Å². The summed E-state index contributed by atoms with van der Waals surface area (Å²) in [6.07, 6.45) is 1.65. The second-order valence-corrected chi connectivity index (χ2v) is 7.26. The summed E-state index contributed by atoms with van der Waals surface area (Å²) in [5.41, 5.74) is 3.12. The van der Waals surface area contributed by atoms with Gasteiger partial charge in [0.1, 0.15) is 0 Å². The van der Waals surface area contributed by atoms with Crippen molar-refractivity contribution in [2.45, 2.75) is 13.8 Å². The minimum atomic E-state index is -0.350. The van der Waals surface area contributed by atoms with Crippen LogP contribution in [0, 0.1) is 13.8 Å². The van der Waals surface area contributed by atoms with Crippen molar-refractivity contribution in [1.29, 1.82) is 0 Å². The number of thioether (sulfide) groups is 1. The third kappa shape index (κ3) is 3.57. The van der Waals surface area contributed by atoms with E-state index in [4.69, 9.17) is 14.2 Å². The Morgan fingerprint density at radius 1 is 0.929 bits per heavy atom. The van der Waals surface area contributed by atoms with Gasteiger partial charge in [-0.15, -0.1) is 0 Å².